The number of nitrogens with one attached hydrogen (secondary N) is 2. The molecule has 0 saturated heterocycles. The lowest BCUT2D eigenvalue weighted by Gasteiger charge is -2.13. The van der Waals surface area contributed by atoms with Crippen LogP contribution in [0, 0.1) is 17.1 Å². The first kappa shape index (κ1) is 15.9. The van der Waals surface area contributed by atoms with Gasteiger partial charge in [0.2, 0.25) is 0 Å². The van der Waals surface area contributed by atoms with Crippen molar-refractivity contribution in [2.45, 2.75) is 12.5 Å². The standard InChI is InChI=1S/C12H10FN3O5/c13-7-1-2-8(6(3-7)5-14)15-12(21)16-9(11(19)20)4-10(17)18/h1-3,9H,4H2,(H,17,18)(H,19,20)(H2,15,16,21)/t9-/m1/s1. The van der Waals surface area contributed by atoms with E-state index in [1.54, 1.807) is 6.07 Å². The van der Waals surface area contributed by atoms with Gasteiger partial charge in [0.15, 0.2) is 0 Å². The number of hydrogen-bond acceptors (Lipinski definition) is 4. The maximum absolute atomic E-state index is 12.9. The Morgan fingerprint density at radius 3 is 2.52 bits per heavy atom. The van der Waals surface area contributed by atoms with Gasteiger partial charge in [-0.15, -0.1) is 0 Å². The largest absolute Gasteiger partial charge is 0.481 e. The molecule has 0 fully saturated rings. The molecule has 0 bridgehead atoms. The number of anilines is 1. The molecule has 0 spiro atoms. The smallest absolute Gasteiger partial charge is 0.326 e. The van der Waals surface area contributed by atoms with Crippen molar-refractivity contribution < 1.29 is 29.0 Å². The second kappa shape index (κ2) is 6.85. The van der Waals surface area contributed by atoms with Gasteiger partial charge in [-0.2, -0.15) is 5.26 Å². The highest BCUT2D eigenvalue weighted by molar-refractivity contribution is 5.94. The summed E-state index contributed by atoms with van der Waals surface area (Å²) in [5, 5.41) is 30.2. The first-order chi connectivity index (χ1) is 9.83. The average Bonchev–Trinajstić information content (AvgIpc) is 2.39. The van der Waals surface area contributed by atoms with Crippen molar-refractivity contribution in [3.63, 3.8) is 0 Å². The number of amides is 2. The molecule has 1 rings (SSSR count). The zero-order chi connectivity index (χ0) is 16.0. The second-order valence-corrected chi connectivity index (χ2v) is 3.89. The Morgan fingerprint density at radius 2 is 2.00 bits per heavy atom. The number of carboxylic acids is 2. The van der Waals surface area contributed by atoms with Crippen molar-refractivity contribution in [2.24, 2.45) is 0 Å². The molecule has 0 aliphatic heterocycles. The summed E-state index contributed by atoms with van der Waals surface area (Å²) in [6, 6.07) is 2.02. The maximum atomic E-state index is 12.9. The molecule has 0 heterocycles. The normalized spacial score (nSPS) is 11.0. The van der Waals surface area contributed by atoms with Gasteiger partial charge in [-0.05, 0) is 18.2 Å². The van der Waals surface area contributed by atoms with Crippen LogP contribution in [0.2, 0.25) is 0 Å². The molecule has 110 valence electrons. The number of urea groups is 1. The number of rotatable bonds is 5. The van der Waals surface area contributed by atoms with Gasteiger partial charge >= 0.3 is 18.0 Å². The molecule has 2 amide bonds. The highest BCUT2D eigenvalue weighted by Gasteiger charge is 2.23. The van der Waals surface area contributed by atoms with E-state index in [2.05, 4.69) is 5.32 Å². The number of halogens is 1. The van der Waals surface area contributed by atoms with E-state index in [1.807, 2.05) is 5.32 Å². The first-order valence-corrected chi connectivity index (χ1v) is 5.55. The molecule has 1 aromatic rings. The topological polar surface area (TPSA) is 140 Å². The first-order valence-electron chi connectivity index (χ1n) is 5.55. The van der Waals surface area contributed by atoms with E-state index >= 15 is 0 Å². The van der Waals surface area contributed by atoms with E-state index in [0.29, 0.717) is 0 Å². The Labute approximate surface area is 117 Å². The van der Waals surface area contributed by atoms with Crippen LogP contribution in [0.15, 0.2) is 18.2 Å². The molecule has 0 aromatic heterocycles. The highest BCUT2D eigenvalue weighted by Crippen LogP contribution is 2.15. The molecule has 21 heavy (non-hydrogen) atoms. The number of benzene rings is 1. The number of nitrogens with zero attached hydrogens (tertiary/aromatic N) is 1. The van der Waals surface area contributed by atoms with Gasteiger partial charge in [0.05, 0.1) is 17.7 Å². The van der Waals surface area contributed by atoms with Crippen LogP contribution in [0.4, 0.5) is 14.9 Å². The maximum Gasteiger partial charge on any atom is 0.326 e. The lowest BCUT2D eigenvalue weighted by atomic mass is 10.2. The number of carboxylic acid groups (broad SMARTS) is 2. The summed E-state index contributed by atoms with van der Waals surface area (Å²) in [4.78, 5) is 32.8. The summed E-state index contributed by atoms with van der Waals surface area (Å²) in [5.74, 6) is -3.60. The molecule has 4 N–H and O–H groups in total. The summed E-state index contributed by atoms with van der Waals surface area (Å²) in [5.41, 5.74) is -0.189. The third kappa shape index (κ3) is 4.79. The summed E-state index contributed by atoms with van der Waals surface area (Å²) in [6.07, 6.45) is -0.808. The zero-order valence-electron chi connectivity index (χ0n) is 10.5. The summed E-state index contributed by atoms with van der Waals surface area (Å²) < 4.78 is 12.9. The fourth-order valence-electron chi connectivity index (χ4n) is 1.41. The van der Waals surface area contributed by atoms with Crippen molar-refractivity contribution in [1.82, 2.24) is 5.32 Å². The molecule has 0 aliphatic carbocycles. The summed E-state index contributed by atoms with van der Waals surface area (Å²) in [7, 11) is 0. The van der Waals surface area contributed by atoms with E-state index in [-0.39, 0.29) is 11.3 Å². The van der Waals surface area contributed by atoms with Gasteiger partial charge < -0.3 is 20.8 Å². The average molecular weight is 295 g/mol. The molecule has 1 aromatic carbocycles. The van der Waals surface area contributed by atoms with E-state index < -0.39 is 36.2 Å². The molecule has 0 aliphatic rings. The van der Waals surface area contributed by atoms with Gasteiger partial charge in [0.25, 0.3) is 0 Å². The number of hydrogen-bond donors (Lipinski definition) is 4. The van der Waals surface area contributed by atoms with Gasteiger partial charge in [0.1, 0.15) is 17.9 Å². The Hall–Kier alpha value is -3.15. The molecular formula is C12H10FN3O5. The predicted molar refractivity (Wildman–Crippen MR) is 66.9 cm³/mol. The van der Waals surface area contributed by atoms with Crippen LogP contribution in [0.1, 0.15) is 12.0 Å². The van der Waals surface area contributed by atoms with E-state index in [4.69, 9.17) is 15.5 Å². The zero-order valence-corrected chi connectivity index (χ0v) is 10.5. The van der Waals surface area contributed by atoms with Crippen LogP contribution in [-0.4, -0.2) is 34.2 Å². The monoisotopic (exact) mass is 295 g/mol. The minimum atomic E-state index is -1.63. The van der Waals surface area contributed by atoms with Crippen LogP contribution >= 0.6 is 0 Å². The third-order valence-electron chi connectivity index (χ3n) is 2.33. The Morgan fingerprint density at radius 1 is 1.33 bits per heavy atom. The highest BCUT2D eigenvalue weighted by atomic mass is 19.1. The number of aliphatic carboxylic acids is 2. The molecule has 0 radical (unpaired) electrons. The van der Waals surface area contributed by atoms with Gasteiger partial charge in [-0.25, -0.2) is 14.0 Å². The van der Waals surface area contributed by atoms with Gasteiger partial charge in [0, 0.05) is 0 Å². The van der Waals surface area contributed by atoms with E-state index in [9.17, 15) is 18.8 Å². The van der Waals surface area contributed by atoms with Gasteiger partial charge in [-0.1, -0.05) is 0 Å². The predicted octanol–water partition coefficient (Wildman–Crippen LogP) is 0.747. The minimum Gasteiger partial charge on any atom is -0.481 e. The summed E-state index contributed by atoms with van der Waals surface area (Å²) in [6.45, 7) is 0. The lowest BCUT2D eigenvalue weighted by molar-refractivity contribution is -0.145. The number of carbonyl (C=O) groups excluding carboxylic acids is 1. The van der Waals surface area contributed by atoms with Crippen LogP contribution in [-0.2, 0) is 9.59 Å². The van der Waals surface area contributed by atoms with Crippen LogP contribution in [0.5, 0.6) is 0 Å². The van der Waals surface area contributed by atoms with E-state index in [0.717, 1.165) is 18.2 Å². The Kier molecular flexibility index (Phi) is 5.19. The molecule has 1 atom stereocenters. The van der Waals surface area contributed by atoms with Crippen molar-refractivity contribution in [1.29, 1.82) is 5.26 Å². The van der Waals surface area contributed by atoms with E-state index in [1.165, 1.54) is 0 Å². The van der Waals surface area contributed by atoms with Crippen molar-refractivity contribution in [2.75, 3.05) is 5.32 Å². The minimum absolute atomic E-state index is 0.0316. The van der Waals surface area contributed by atoms with Gasteiger partial charge in [-0.3, -0.25) is 4.79 Å². The second-order valence-electron chi connectivity index (χ2n) is 3.89. The fourth-order valence-corrected chi connectivity index (χ4v) is 1.41. The van der Waals surface area contributed by atoms with Crippen LogP contribution < -0.4 is 10.6 Å². The molecule has 9 heteroatoms. The van der Waals surface area contributed by atoms with Crippen molar-refractivity contribution in [3.05, 3.63) is 29.6 Å². The fraction of sp³-hybridized carbons (Fsp3) is 0.167. The molecule has 0 unspecified atom stereocenters. The molecular weight excluding hydrogens is 285 g/mol. The number of carbonyl (C=O) groups is 3. The van der Waals surface area contributed by atoms with Crippen LogP contribution in [0.3, 0.4) is 0 Å². The van der Waals surface area contributed by atoms with Crippen molar-refractivity contribution >= 4 is 23.7 Å². The molecule has 0 saturated carbocycles. The SMILES string of the molecule is N#Cc1cc(F)ccc1NC(=O)N[C@H](CC(=O)O)C(=O)O. The summed E-state index contributed by atoms with van der Waals surface area (Å²) >= 11 is 0. The third-order valence-corrected chi connectivity index (χ3v) is 2.33. The Bertz CT molecular complexity index is 626. The Balaban J connectivity index is 2.79. The molecule has 8 nitrogen and oxygen atoms in total. The van der Waals surface area contributed by atoms with Crippen molar-refractivity contribution in [3.8, 4) is 6.07 Å². The number of nitriles is 1. The van der Waals surface area contributed by atoms with Crippen LogP contribution in [0.25, 0.3) is 0 Å². The lowest BCUT2D eigenvalue weighted by Crippen LogP contribution is -2.44. The quantitative estimate of drug-likeness (QED) is 0.632.